The molecule has 1 rings (SSSR count). The van der Waals surface area contributed by atoms with Crippen molar-refractivity contribution in [2.45, 2.75) is 45.6 Å². The number of methoxy groups -OCH3 is 1. The fraction of sp³-hybridized carbons (Fsp3) is 0.750. The van der Waals surface area contributed by atoms with E-state index in [9.17, 15) is 0 Å². The Labute approximate surface area is 102 Å². The number of hydrogen-bond donors (Lipinski definition) is 0. The molecule has 0 bridgehead atoms. The van der Waals surface area contributed by atoms with Crippen molar-refractivity contribution in [2.75, 3.05) is 13.7 Å². The van der Waals surface area contributed by atoms with Gasteiger partial charge in [-0.05, 0) is 18.8 Å². The molecule has 0 amide bonds. The zero-order chi connectivity index (χ0) is 12.7. The average molecular weight is 236 g/mol. The molecule has 0 aromatic carbocycles. The first-order valence-corrected chi connectivity index (χ1v) is 5.98. The van der Waals surface area contributed by atoms with E-state index in [1.807, 2.05) is 4.68 Å². The Bertz CT molecular complexity index is 378. The molecule has 5 nitrogen and oxygen atoms in total. The molecule has 0 aliphatic carbocycles. The molecule has 1 heterocycles. The third kappa shape index (κ3) is 3.82. The Kier molecular flexibility index (Phi) is 5.64. The van der Waals surface area contributed by atoms with Crippen LogP contribution >= 0.6 is 0 Å². The van der Waals surface area contributed by atoms with Crippen molar-refractivity contribution in [3.05, 3.63) is 11.4 Å². The molecule has 0 saturated carbocycles. The Morgan fingerprint density at radius 1 is 1.41 bits per heavy atom. The number of ether oxygens (including phenoxy) is 1. The minimum Gasteiger partial charge on any atom is -0.385 e. The molecular weight excluding hydrogens is 216 g/mol. The Morgan fingerprint density at radius 2 is 2.18 bits per heavy atom. The maximum atomic E-state index is 8.74. The van der Waals surface area contributed by atoms with Crippen molar-refractivity contribution in [1.82, 2.24) is 15.0 Å². The largest absolute Gasteiger partial charge is 0.385 e. The fourth-order valence-corrected chi connectivity index (χ4v) is 1.86. The highest BCUT2D eigenvalue weighted by molar-refractivity contribution is 5.17. The zero-order valence-corrected chi connectivity index (χ0v) is 10.8. The van der Waals surface area contributed by atoms with Crippen LogP contribution < -0.4 is 0 Å². The maximum absolute atomic E-state index is 8.74. The van der Waals surface area contributed by atoms with Gasteiger partial charge in [0.2, 0.25) is 0 Å². The normalized spacial score (nSPS) is 10.8. The van der Waals surface area contributed by atoms with Crippen LogP contribution in [0.25, 0.3) is 0 Å². The van der Waals surface area contributed by atoms with E-state index in [0.717, 1.165) is 37.4 Å². The first-order chi connectivity index (χ1) is 8.20. The minimum atomic E-state index is 0.339. The highest BCUT2D eigenvalue weighted by Gasteiger charge is 2.15. The number of aryl methyl sites for hydroxylation is 1. The molecule has 0 atom stereocenters. The number of hydrogen-bond acceptors (Lipinski definition) is 4. The van der Waals surface area contributed by atoms with Gasteiger partial charge in [-0.2, -0.15) is 5.26 Å². The standard InChI is InChI=1S/C12H20N4O/c1-10(2)12-11(6-7-13)14-15-16(12)8-4-5-9-17-3/h10H,4-6,8-9H2,1-3H3. The summed E-state index contributed by atoms with van der Waals surface area (Å²) in [4.78, 5) is 0. The predicted molar refractivity (Wildman–Crippen MR) is 64.5 cm³/mol. The lowest BCUT2D eigenvalue weighted by Gasteiger charge is -2.10. The van der Waals surface area contributed by atoms with E-state index in [2.05, 4.69) is 30.2 Å². The van der Waals surface area contributed by atoms with Crippen molar-refractivity contribution in [3.8, 4) is 6.07 Å². The summed E-state index contributed by atoms with van der Waals surface area (Å²) >= 11 is 0. The molecule has 0 aliphatic heterocycles. The number of aromatic nitrogens is 3. The van der Waals surface area contributed by atoms with Gasteiger partial charge in [-0.3, -0.25) is 0 Å². The lowest BCUT2D eigenvalue weighted by Crippen LogP contribution is -2.08. The van der Waals surface area contributed by atoms with Gasteiger partial charge in [-0.1, -0.05) is 19.1 Å². The first kappa shape index (κ1) is 13.7. The van der Waals surface area contributed by atoms with E-state index in [0.29, 0.717) is 12.3 Å². The lowest BCUT2D eigenvalue weighted by molar-refractivity contribution is 0.190. The van der Waals surface area contributed by atoms with Crippen molar-refractivity contribution in [3.63, 3.8) is 0 Å². The van der Waals surface area contributed by atoms with E-state index in [-0.39, 0.29) is 0 Å². The summed E-state index contributed by atoms with van der Waals surface area (Å²) in [5, 5.41) is 17.0. The number of nitriles is 1. The molecule has 0 saturated heterocycles. The second kappa shape index (κ2) is 7.02. The second-order valence-corrected chi connectivity index (χ2v) is 4.33. The van der Waals surface area contributed by atoms with Crippen LogP contribution in [0, 0.1) is 11.3 Å². The Hall–Kier alpha value is -1.41. The molecule has 0 spiro atoms. The van der Waals surface area contributed by atoms with Gasteiger partial charge in [0.05, 0.1) is 18.2 Å². The van der Waals surface area contributed by atoms with Gasteiger partial charge < -0.3 is 4.74 Å². The van der Waals surface area contributed by atoms with Crippen molar-refractivity contribution in [2.24, 2.45) is 0 Å². The fourth-order valence-electron chi connectivity index (χ4n) is 1.86. The number of nitrogens with zero attached hydrogens (tertiary/aromatic N) is 4. The van der Waals surface area contributed by atoms with E-state index < -0.39 is 0 Å². The van der Waals surface area contributed by atoms with Gasteiger partial charge in [-0.15, -0.1) is 5.10 Å². The minimum absolute atomic E-state index is 0.339. The number of unbranched alkanes of at least 4 members (excludes halogenated alkanes) is 1. The molecule has 1 aromatic rings. The first-order valence-electron chi connectivity index (χ1n) is 5.98. The van der Waals surface area contributed by atoms with Crippen molar-refractivity contribution < 1.29 is 4.74 Å². The van der Waals surface area contributed by atoms with Crippen LogP contribution in [0.2, 0.25) is 0 Å². The summed E-state index contributed by atoms with van der Waals surface area (Å²) in [7, 11) is 1.71. The van der Waals surface area contributed by atoms with Crippen molar-refractivity contribution in [1.29, 1.82) is 5.26 Å². The van der Waals surface area contributed by atoms with E-state index in [1.54, 1.807) is 7.11 Å². The molecule has 0 aliphatic rings. The molecular formula is C12H20N4O. The smallest absolute Gasteiger partial charge is 0.100 e. The van der Waals surface area contributed by atoms with Gasteiger partial charge >= 0.3 is 0 Å². The second-order valence-electron chi connectivity index (χ2n) is 4.33. The van der Waals surface area contributed by atoms with Crippen LogP contribution in [0.4, 0.5) is 0 Å². The van der Waals surface area contributed by atoms with E-state index in [1.165, 1.54) is 0 Å². The van der Waals surface area contributed by atoms with Crippen LogP contribution in [0.15, 0.2) is 0 Å². The molecule has 0 radical (unpaired) electrons. The summed E-state index contributed by atoms with van der Waals surface area (Å²) in [5.41, 5.74) is 1.90. The molecule has 5 heteroatoms. The van der Waals surface area contributed by atoms with Gasteiger partial charge in [0.15, 0.2) is 0 Å². The average Bonchev–Trinajstić information content (AvgIpc) is 2.68. The Morgan fingerprint density at radius 3 is 2.76 bits per heavy atom. The monoisotopic (exact) mass is 236 g/mol. The maximum Gasteiger partial charge on any atom is 0.100 e. The lowest BCUT2D eigenvalue weighted by atomic mass is 10.1. The van der Waals surface area contributed by atoms with Crippen LogP contribution in [0.1, 0.15) is 44.0 Å². The van der Waals surface area contributed by atoms with Gasteiger partial charge in [0.25, 0.3) is 0 Å². The molecule has 1 aromatic heterocycles. The zero-order valence-electron chi connectivity index (χ0n) is 10.8. The van der Waals surface area contributed by atoms with E-state index in [4.69, 9.17) is 10.00 Å². The summed E-state index contributed by atoms with van der Waals surface area (Å²) < 4.78 is 6.94. The summed E-state index contributed by atoms with van der Waals surface area (Å²) in [6.45, 7) is 5.82. The number of rotatable bonds is 7. The topological polar surface area (TPSA) is 63.7 Å². The summed E-state index contributed by atoms with van der Waals surface area (Å²) in [5.74, 6) is 0.343. The highest BCUT2D eigenvalue weighted by Crippen LogP contribution is 2.18. The van der Waals surface area contributed by atoms with Crippen LogP contribution in [-0.2, 0) is 17.7 Å². The molecule has 0 fully saturated rings. The third-order valence-electron chi connectivity index (χ3n) is 2.61. The molecule has 0 N–H and O–H groups in total. The summed E-state index contributed by atoms with van der Waals surface area (Å²) in [6, 6.07) is 2.13. The SMILES string of the molecule is COCCCCn1nnc(CC#N)c1C(C)C. The van der Waals surface area contributed by atoms with Gasteiger partial charge in [0, 0.05) is 20.3 Å². The molecule has 0 unspecified atom stereocenters. The van der Waals surface area contributed by atoms with Gasteiger partial charge in [0.1, 0.15) is 5.69 Å². The van der Waals surface area contributed by atoms with Crippen molar-refractivity contribution >= 4 is 0 Å². The quantitative estimate of drug-likeness (QED) is 0.678. The third-order valence-corrected chi connectivity index (χ3v) is 2.61. The molecule has 94 valence electrons. The van der Waals surface area contributed by atoms with Crippen LogP contribution in [0.3, 0.4) is 0 Å². The highest BCUT2D eigenvalue weighted by atomic mass is 16.5. The summed E-state index contributed by atoms with van der Waals surface area (Å²) in [6.07, 6.45) is 2.37. The van der Waals surface area contributed by atoms with E-state index >= 15 is 0 Å². The van der Waals surface area contributed by atoms with Crippen LogP contribution in [0.5, 0.6) is 0 Å². The predicted octanol–water partition coefficient (Wildman–Crippen LogP) is 1.89. The molecule has 17 heavy (non-hydrogen) atoms. The van der Waals surface area contributed by atoms with Crippen LogP contribution in [-0.4, -0.2) is 28.7 Å². The van der Waals surface area contributed by atoms with Gasteiger partial charge in [-0.25, -0.2) is 4.68 Å². The Balaban J connectivity index is 2.68.